The molecule has 0 bridgehead atoms. The number of nitrogens with zero attached hydrogens (tertiary/aromatic N) is 2. The first-order valence-corrected chi connectivity index (χ1v) is 10.2. The highest BCUT2D eigenvalue weighted by molar-refractivity contribution is 8.18. The second-order valence-corrected chi connectivity index (χ2v) is 7.39. The van der Waals surface area contributed by atoms with Crippen LogP contribution >= 0.6 is 11.8 Å². The highest BCUT2D eigenvalue weighted by Gasteiger charge is 2.33. The summed E-state index contributed by atoms with van der Waals surface area (Å²) in [5.41, 5.74) is 0.924. The summed E-state index contributed by atoms with van der Waals surface area (Å²) in [5.74, 6) is 0.00874. The van der Waals surface area contributed by atoms with E-state index in [-0.39, 0.29) is 28.7 Å². The highest BCUT2D eigenvalue weighted by Crippen LogP contribution is 2.42. The van der Waals surface area contributed by atoms with Crippen LogP contribution < -0.4 is 9.47 Å². The Labute approximate surface area is 188 Å². The van der Waals surface area contributed by atoms with Crippen molar-refractivity contribution in [1.82, 2.24) is 0 Å². The smallest absolute Gasteiger partial charge is 0.344 e. The standard InChI is InChI=1S/C22H20N2O7S/c1-4-31-22(26)19-20(25)18(11-13-5-7-14(8-6-13)24(27)28)32-21(19)23-16-10-9-15(29-2)12-17(16)30-3/h5-12,25H,4H2,1-3H3/b18-11+,23-21?. The number of benzene rings is 2. The number of nitro benzene ring substituents is 1. The molecule has 32 heavy (non-hydrogen) atoms. The van der Waals surface area contributed by atoms with Gasteiger partial charge < -0.3 is 19.3 Å². The lowest BCUT2D eigenvalue weighted by Gasteiger charge is -2.08. The zero-order valence-corrected chi connectivity index (χ0v) is 18.3. The summed E-state index contributed by atoms with van der Waals surface area (Å²) in [6.07, 6.45) is 1.61. The van der Waals surface area contributed by atoms with Crippen molar-refractivity contribution in [2.75, 3.05) is 20.8 Å². The van der Waals surface area contributed by atoms with E-state index in [1.165, 1.54) is 26.4 Å². The SMILES string of the molecule is CCOC(=O)C1=C(O)/C(=C\c2ccc([N+](=O)[O-])cc2)SC1=Nc1ccc(OC)cc1OC. The minimum atomic E-state index is -0.712. The number of carbonyl (C=O) groups is 1. The third-order valence-corrected chi connectivity index (χ3v) is 5.40. The molecule has 0 aromatic heterocycles. The van der Waals surface area contributed by atoms with Crippen molar-refractivity contribution < 1.29 is 29.0 Å². The first-order chi connectivity index (χ1) is 15.4. The van der Waals surface area contributed by atoms with Crippen molar-refractivity contribution in [1.29, 1.82) is 0 Å². The molecule has 1 aliphatic rings. The minimum absolute atomic E-state index is 0.0490. The fraction of sp³-hybridized carbons (Fsp3) is 0.182. The maximum absolute atomic E-state index is 12.5. The quantitative estimate of drug-likeness (QED) is 0.358. The summed E-state index contributed by atoms with van der Waals surface area (Å²) >= 11 is 1.08. The molecule has 0 unspecified atom stereocenters. The Morgan fingerprint density at radius 2 is 1.91 bits per heavy atom. The first-order valence-electron chi connectivity index (χ1n) is 9.43. The maximum Gasteiger partial charge on any atom is 0.344 e. The summed E-state index contributed by atoms with van der Waals surface area (Å²) < 4.78 is 15.6. The van der Waals surface area contributed by atoms with E-state index in [9.17, 15) is 20.0 Å². The Morgan fingerprint density at radius 1 is 1.19 bits per heavy atom. The van der Waals surface area contributed by atoms with Gasteiger partial charge in [0.15, 0.2) is 0 Å². The zero-order valence-electron chi connectivity index (χ0n) is 17.5. The van der Waals surface area contributed by atoms with E-state index in [0.717, 1.165) is 11.8 Å². The minimum Gasteiger partial charge on any atom is -0.506 e. The molecule has 1 heterocycles. The predicted octanol–water partition coefficient (Wildman–Crippen LogP) is 4.81. The Hall–Kier alpha value is -3.79. The number of rotatable bonds is 7. The Kier molecular flexibility index (Phi) is 7.16. The van der Waals surface area contributed by atoms with Crippen LogP contribution in [0.4, 0.5) is 11.4 Å². The van der Waals surface area contributed by atoms with Gasteiger partial charge in [-0.15, -0.1) is 0 Å². The van der Waals surface area contributed by atoms with E-state index >= 15 is 0 Å². The van der Waals surface area contributed by atoms with E-state index in [1.807, 2.05) is 0 Å². The Morgan fingerprint density at radius 3 is 2.50 bits per heavy atom. The zero-order chi connectivity index (χ0) is 23.3. The van der Waals surface area contributed by atoms with Crippen molar-refractivity contribution >= 4 is 40.2 Å². The van der Waals surface area contributed by atoms with Crippen LogP contribution in [0.1, 0.15) is 12.5 Å². The molecule has 10 heteroatoms. The molecule has 166 valence electrons. The topological polar surface area (TPSA) is 120 Å². The number of non-ortho nitro benzene ring substituents is 1. The molecule has 0 spiro atoms. The van der Waals surface area contributed by atoms with Gasteiger partial charge in [0.1, 0.15) is 33.6 Å². The molecular weight excluding hydrogens is 436 g/mol. The van der Waals surface area contributed by atoms with Gasteiger partial charge in [0.25, 0.3) is 5.69 Å². The number of methoxy groups -OCH3 is 2. The maximum atomic E-state index is 12.5. The molecule has 1 N–H and O–H groups in total. The lowest BCUT2D eigenvalue weighted by Crippen LogP contribution is -2.12. The van der Waals surface area contributed by atoms with Gasteiger partial charge in [-0.2, -0.15) is 0 Å². The van der Waals surface area contributed by atoms with Crippen molar-refractivity contribution in [3.63, 3.8) is 0 Å². The third-order valence-electron chi connectivity index (χ3n) is 4.38. The molecule has 3 rings (SSSR count). The van der Waals surface area contributed by atoms with Gasteiger partial charge in [0, 0.05) is 18.2 Å². The molecular formula is C22H20N2O7S. The molecule has 0 saturated heterocycles. The van der Waals surface area contributed by atoms with Crippen LogP contribution in [-0.2, 0) is 9.53 Å². The first kappa shape index (κ1) is 22.9. The summed E-state index contributed by atoms with van der Waals surface area (Å²) in [4.78, 5) is 27.8. The summed E-state index contributed by atoms with van der Waals surface area (Å²) in [6.45, 7) is 1.79. The van der Waals surface area contributed by atoms with Crippen molar-refractivity contribution in [3.8, 4) is 11.5 Å². The number of hydrogen-bond acceptors (Lipinski definition) is 9. The van der Waals surface area contributed by atoms with Gasteiger partial charge in [0.2, 0.25) is 0 Å². The van der Waals surface area contributed by atoms with E-state index < -0.39 is 10.9 Å². The number of carbonyl (C=O) groups excluding carboxylic acids is 1. The van der Waals surface area contributed by atoms with Crippen LogP contribution in [-0.4, -0.2) is 41.9 Å². The third kappa shape index (κ3) is 4.92. The number of thioether (sulfide) groups is 1. The largest absolute Gasteiger partial charge is 0.506 e. The van der Waals surface area contributed by atoms with Gasteiger partial charge in [-0.05, 0) is 42.8 Å². The molecule has 0 radical (unpaired) electrons. The van der Waals surface area contributed by atoms with E-state index in [0.29, 0.717) is 27.7 Å². The number of aliphatic hydroxyl groups is 1. The fourth-order valence-electron chi connectivity index (χ4n) is 2.82. The van der Waals surface area contributed by atoms with Gasteiger partial charge in [-0.25, -0.2) is 9.79 Å². The number of aliphatic imine (C=N–C) groups is 1. The summed E-state index contributed by atoms with van der Waals surface area (Å²) in [6, 6.07) is 10.8. The lowest BCUT2D eigenvalue weighted by atomic mass is 10.1. The summed E-state index contributed by atoms with van der Waals surface area (Å²) in [7, 11) is 3.02. The van der Waals surface area contributed by atoms with Crippen LogP contribution in [0.2, 0.25) is 0 Å². The lowest BCUT2D eigenvalue weighted by molar-refractivity contribution is -0.384. The van der Waals surface area contributed by atoms with Crippen LogP contribution in [0, 0.1) is 10.1 Å². The van der Waals surface area contributed by atoms with Crippen molar-refractivity contribution in [2.24, 2.45) is 4.99 Å². The Bertz CT molecular complexity index is 1140. The molecule has 0 atom stereocenters. The Balaban J connectivity index is 2.04. The molecule has 0 saturated carbocycles. The number of aliphatic hydroxyl groups excluding tert-OH is 1. The second kappa shape index (κ2) is 10.0. The van der Waals surface area contributed by atoms with Crippen LogP contribution in [0.25, 0.3) is 6.08 Å². The van der Waals surface area contributed by atoms with Crippen LogP contribution in [0.3, 0.4) is 0 Å². The molecule has 0 fully saturated rings. The van der Waals surface area contributed by atoms with Crippen LogP contribution in [0.5, 0.6) is 11.5 Å². The van der Waals surface area contributed by atoms with Gasteiger partial charge in [-0.3, -0.25) is 10.1 Å². The average molecular weight is 456 g/mol. The monoisotopic (exact) mass is 456 g/mol. The van der Waals surface area contributed by atoms with Crippen LogP contribution in [0.15, 0.2) is 63.7 Å². The van der Waals surface area contributed by atoms with E-state index in [2.05, 4.69) is 4.99 Å². The number of ether oxygens (including phenoxy) is 3. The van der Waals surface area contributed by atoms with Crippen molar-refractivity contribution in [2.45, 2.75) is 6.92 Å². The van der Waals surface area contributed by atoms with E-state index in [4.69, 9.17) is 14.2 Å². The average Bonchev–Trinajstić information content (AvgIpc) is 3.09. The molecule has 1 aliphatic heterocycles. The number of esters is 1. The fourth-order valence-corrected chi connectivity index (χ4v) is 3.85. The highest BCUT2D eigenvalue weighted by atomic mass is 32.2. The summed E-state index contributed by atoms with van der Waals surface area (Å²) in [5, 5.41) is 21.8. The normalized spacial score (nSPS) is 15.8. The molecule has 2 aromatic carbocycles. The molecule has 9 nitrogen and oxygen atoms in total. The number of nitro groups is 1. The van der Waals surface area contributed by atoms with Gasteiger partial charge >= 0.3 is 5.97 Å². The molecule has 2 aromatic rings. The second-order valence-electron chi connectivity index (χ2n) is 6.36. The predicted molar refractivity (Wildman–Crippen MR) is 122 cm³/mol. The number of hydrogen-bond donors (Lipinski definition) is 1. The molecule has 0 amide bonds. The van der Waals surface area contributed by atoms with Gasteiger partial charge in [-0.1, -0.05) is 11.8 Å². The van der Waals surface area contributed by atoms with Gasteiger partial charge in [0.05, 0.1) is 30.7 Å². The van der Waals surface area contributed by atoms with Crippen molar-refractivity contribution in [3.05, 3.63) is 74.4 Å². The van der Waals surface area contributed by atoms with E-state index in [1.54, 1.807) is 43.3 Å². The molecule has 0 aliphatic carbocycles.